The Hall–Kier alpha value is -2.16. The highest BCUT2D eigenvalue weighted by Gasteiger charge is 2.49. The molecule has 0 amide bonds. The normalized spacial score (nSPS) is 23.0. The van der Waals surface area contributed by atoms with E-state index >= 15 is 0 Å². The van der Waals surface area contributed by atoms with E-state index in [1.54, 1.807) is 27.0 Å². The SMILES string of the molecule is CC1(c2sc(-c3cccc(-c4cnco4)c3)cc2Cl)CS(=O)(=O)C(C)(C)C(N)=N1. The van der Waals surface area contributed by atoms with Crippen LogP contribution in [0, 0.1) is 0 Å². The molecule has 1 atom stereocenters. The third kappa shape index (κ3) is 3.29. The van der Waals surface area contributed by atoms with Crippen molar-refractivity contribution in [3.05, 3.63) is 52.8 Å². The summed E-state index contributed by atoms with van der Waals surface area (Å²) in [6, 6.07) is 9.64. The lowest BCUT2D eigenvalue weighted by Crippen LogP contribution is -2.54. The fourth-order valence-electron chi connectivity index (χ4n) is 3.32. The van der Waals surface area contributed by atoms with Crippen molar-refractivity contribution in [3.63, 3.8) is 0 Å². The van der Waals surface area contributed by atoms with Gasteiger partial charge in [-0.2, -0.15) is 0 Å². The van der Waals surface area contributed by atoms with Crippen LogP contribution in [0.2, 0.25) is 5.02 Å². The summed E-state index contributed by atoms with van der Waals surface area (Å²) in [7, 11) is -3.50. The van der Waals surface area contributed by atoms with Gasteiger partial charge in [0.25, 0.3) is 0 Å². The van der Waals surface area contributed by atoms with Gasteiger partial charge in [0, 0.05) is 10.4 Å². The van der Waals surface area contributed by atoms with Gasteiger partial charge < -0.3 is 10.2 Å². The quantitative estimate of drug-likeness (QED) is 0.634. The Bertz CT molecular complexity index is 1210. The topological polar surface area (TPSA) is 98.5 Å². The third-order valence-electron chi connectivity index (χ3n) is 5.27. The van der Waals surface area contributed by atoms with Crippen molar-refractivity contribution in [1.82, 2.24) is 4.98 Å². The molecular formula is C20H20ClN3O3S2. The van der Waals surface area contributed by atoms with E-state index in [1.807, 2.05) is 30.3 Å². The first-order valence-corrected chi connectivity index (χ1v) is 11.8. The minimum atomic E-state index is -3.50. The molecule has 3 aromatic rings. The molecule has 0 spiro atoms. The minimum absolute atomic E-state index is 0.101. The number of aromatic nitrogens is 1. The third-order valence-corrected chi connectivity index (χ3v) is 9.83. The Labute approximate surface area is 178 Å². The van der Waals surface area contributed by atoms with Gasteiger partial charge in [0.05, 0.1) is 21.8 Å². The molecule has 0 radical (unpaired) electrons. The molecule has 1 aromatic carbocycles. The van der Waals surface area contributed by atoms with Crippen LogP contribution in [-0.2, 0) is 15.4 Å². The van der Waals surface area contributed by atoms with Crippen LogP contribution in [0.5, 0.6) is 0 Å². The second-order valence-corrected chi connectivity index (χ2v) is 11.8. The number of rotatable bonds is 3. The first kappa shape index (κ1) is 20.1. The number of halogens is 1. The summed E-state index contributed by atoms with van der Waals surface area (Å²) < 4.78 is 29.9. The monoisotopic (exact) mass is 449 g/mol. The molecule has 4 rings (SSSR count). The lowest BCUT2D eigenvalue weighted by atomic mass is 10.0. The van der Waals surface area contributed by atoms with Crippen molar-refractivity contribution in [2.24, 2.45) is 10.7 Å². The molecule has 0 aliphatic carbocycles. The Balaban J connectivity index is 1.78. The molecule has 0 fully saturated rings. The van der Waals surface area contributed by atoms with E-state index in [0.29, 0.717) is 15.7 Å². The number of benzene rings is 1. The predicted octanol–water partition coefficient (Wildman–Crippen LogP) is 4.50. The van der Waals surface area contributed by atoms with Gasteiger partial charge in [-0.05, 0) is 38.5 Å². The summed E-state index contributed by atoms with van der Waals surface area (Å²) >= 11 is 7.97. The number of aliphatic imine (C=N–C) groups is 1. The number of oxazole rings is 1. The summed E-state index contributed by atoms with van der Waals surface area (Å²) in [6.07, 6.45) is 3.04. The molecule has 0 saturated heterocycles. The lowest BCUT2D eigenvalue weighted by molar-refractivity contribution is 0.507. The zero-order valence-electron chi connectivity index (χ0n) is 16.1. The van der Waals surface area contributed by atoms with Gasteiger partial charge in [0.2, 0.25) is 0 Å². The van der Waals surface area contributed by atoms with Crippen LogP contribution in [0.3, 0.4) is 0 Å². The molecule has 0 saturated carbocycles. The molecule has 1 aliphatic rings. The van der Waals surface area contributed by atoms with Crippen LogP contribution < -0.4 is 5.73 Å². The fourth-order valence-corrected chi connectivity index (χ4v) is 6.72. The van der Waals surface area contributed by atoms with E-state index in [-0.39, 0.29) is 11.6 Å². The van der Waals surface area contributed by atoms with E-state index in [2.05, 4.69) is 9.98 Å². The van der Waals surface area contributed by atoms with Gasteiger partial charge in [0.15, 0.2) is 22.0 Å². The standard InChI is InChI=1S/C20H20ClN3O3S2/c1-19(2)18(22)24-20(3,10-29(19,25)26)17-14(21)8-16(28-17)13-6-4-5-12(7-13)15-9-23-11-27-15/h4-9,11H,10H2,1-3H3,(H2,22,24). The van der Waals surface area contributed by atoms with Crippen LogP contribution in [-0.4, -0.2) is 29.7 Å². The van der Waals surface area contributed by atoms with Gasteiger partial charge in [-0.15, -0.1) is 11.3 Å². The zero-order chi connectivity index (χ0) is 21.0. The number of hydrogen-bond donors (Lipinski definition) is 1. The van der Waals surface area contributed by atoms with Crippen LogP contribution in [0.4, 0.5) is 0 Å². The summed E-state index contributed by atoms with van der Waals surface area (Å²) in [5, 5.41) is 0.476. The molecule has 1 unspecified atom stereocenters. The van der Waals surface area contributed by atoms with Crippen molar-refractivity contribution >= 4 is 38.6 Å². The van der Waals surface area contributed by atoms with Crippen LogP contribution in [0.15, 0.2) is 52.3 Å². The van der Waals surface area contributed by atoms with E-state index in [9.17, 15) is 8.42 Å². The predicted molar refractivity (Wildman–Crippen MR) is 117 cm³/mol. The van der Waals surface area contributed by atoms with Gasteiger partial charge in [-0.25, -0.2) is 13.4 Å². The minimum Gasteiger partial charge on any atom is -0.444 e. The molecule has 29 heavy (non-hydrogen) atoms. The molecule has 1 aliphatic heterocycles. The average molecular weight is 450 g/mol. The number of nitrogens with two attached hydrogens (primary N) is 1. The number of sulfone groups is 1. The van der Waals surface area contributed by atoms with Crippen molar-refractivity contribution in [1.29, 1.82) is 0 Å². The van der Waals surface area contributed by atoms with E-state index < -0.39 is 20.1 Å². The Kier molecular flexibility index (Phi) is 4.64. The summed E-state index contributed by atoms with van der Waals surface area (Å²) in [5.74, 6) is 0.620. The van der Waals surface area contributed by atoms with E-state index in [0.717, 1.165) is 16.0 Å². The van der Waals surface area contributed by atoms with Crippen LogP contribution >= 0.6 is 22.9 Å². The van der Waals surface area contributed by atoms with Crippen molar-refractivity contribution in [2.45, 2.75) is 31.1 Å². The molecule has 6 nitrogen and oxygen atoms in total. The number of thiophene rings is 1. The largest absolute Gasteiger partial charge is 0.444 e. The van der Waals surface area contributed by atoms with Gasteiger partial charge in [-0.1, -0.05) is 29.8 Å². The van der Waals surface area contributed by atoms with Gasteiger partial charge in [0.1, 0.15) is 16.1 Å². The Morgan fingerprint density at radius 3 is 2.59 bits per heavy atom. The first-order chi connectivity index (χ1) is 13.5. The smallest absolute Gasteiger partial charge is 0.181 e. The van der Waals surface area contributed by atoms with E-state index in [1.165, 1.54) is 17.7 Å². The molecular weight excluding hydrogens is 430 g/mol. The van der Waals surface area contributed by atoms with Crippen molar-refractivity contribution in [3.8, 4) is 21.8 Å². The highest BCUT2D eigenvalue weighted by molar-refractivity contribution is 7.93. The second-order valence-electron chi connectivity index (χ2n) is 7.77. The van der Waals surface area contributed by atoms with Gasteiger partial charge >= 0.3 is 0 Å². The molecule has 152 valence electrons. The maximum atomic E-state index is 12.9. The second kappa shape index (κ2) is 6.68. The molecule has 3 heterocycles. The molecule has 2 N–H and O–H groups in total. The maximum Gasteiger partial charge on any atom is 0.181 e. The van der Waals surface area contributed by atoms with Crippen molar-refractivity contribution in [2.75, 3.05) is 5.75 Å². The van der Waals surface area contributed by atoms with Crippen LogP contribution in [0.25, 0.3) is 21.8 Å². The number of nitrogens with zero attached hydrogens (tertiary/aromatic N) is 2. The average Bonchev–Trinajstić information content (AvgIpc) is 3.30. The first-order valence-electron chi connectivity index (χ1n) is 8.91. The lowest BCUT2D eigenvalue weighted by Gasteiger charge is -2.37. The van der Waals surface area contributed by atoms with Crippen molar-refractivity contribution < 1.29 is 12.8 Å². The Morgan fingerprint density at radius 1 is 1.21 bits per heavy atom. The number of hydrogen-bond acceptors (Lipinski definition) is 7. The Morgan fingerprint density at radius 2 is 1.93 bits per heavy atom. The number of amidine groups is 1. The van der Waals surface area contributed by atoms with E-state index in [4.69, 9.17) is 21.8 Å². The van der Waals surface area contributed by atoms with Gasteiger partial charge in [-0.3, -0.25) is 4.99 Å². The maximum absolute atomic E-state index is 12.9. The zero-order valence-corrected chi connectivity index (χ0v) is 18.5. The highest BCUT2D eigenvalue weighted by atomic mass is 35.5. The molecule has 0 bridgehead atoms. The fraction of sp³-hybridized carbons (Fsp3) is 0.300. The summed E-state index contributed by atoms with van der Waals surface area (Å²) in [4.78, 5) is 10.1. The molecule has 9 heteroatoms. The summed E-state index contributed by atoms with van der Waals surface area (Å²) in [6.45, 7) is 4.92. The van der Waals surface area contributed by atoms with Crippen LogP contribution in [0.1, 0.15) is 25.6 Å². The summed E-state index contributed by atoms with van der Waals surface area (Å²) in [5.41, 5.74) is 6.86. The molecule has 2 aromatic heterocycles. The highest BCUT2D eigenvalue weighted by Crippen LogP contribution is 2.46.